The van der Waals surface area contributed by atoms with E-state index < -0.39 is 5.51 Å². The van der Waals surface area contributed by atoms with Gasteiger partial charge in [-0.3, -0.25) is 0 Å². The van der Waals surface area contributed by atoms with Gasteiger partial charge in [0.25, 0.3) is 0 Å². The molecule has 0 unspecified atom stereocenters. The standard InChI is InChI=1S/C9H12F3N3S/c1-6-2-3-14-8(7(6)13)15-4-5-16-9(10,11)12/h2-3H,4-5,13H2,1H3,(H,14,15). The maximum atomic E-state index is 11.8. The molecule has 3 N–H and O–H groups in total. The number of hydrogen-bond acceptors (Lipinski definition) is 4. The highest BCUT2D eigenvalue weighted by Crippen LogP contribution is 2.29. The molecule has 0 saturated carbocycles. The van der Waals surface area contributed by atoms with Gasteiger partial charge in [-0.2, -0.15) is 13.2 Å². The van der Waals surface area contributed by atoms with Crippen LogP contribution in [0.15, 0.2) is 12.3 Å². The molecule has 0 aliphatic carbocycles. The second-order valence-corrected chi connectivity index (χ2v) is 4.27. The Morgan fingerprint density at radius 3 is 2.81 bits per heavy atom. The molecule has 0 aliphatic rings. The summed E-state index contributed by atoms with van der Waals surface area (Å²) in [6.07, 6.45) is 1.56. The third-order valence-corrected chi connectivity index (χ3v) is 2.60. The van der Waals surface area contributed by atoms with Gasteiger partial charge in [-0.25, -0.2) is 4.98 Å². The van der Waals surface area contributed by atoms with E-state index in [4.69, 9.17) is 5.73 Å². The van der Waals surface area contributed by atoms with Crippen LogP contribution in [0.3, 0.4) is 0 Å². The summed E-state index contributed by atoms with van der Waals surface area (Å²) >= 11 is -0.0682. The van der Waals surface area contributed by atoms with E-state index in [0.29, 0.717) is 11.5 Å². The van der Waals surface area contributed by atoms with E-state index in [9.17, 15) is 13.2 Å². The molecule has 0 atom stereocenters. The van der Waals surface area contributed by atoms with Crippen molar-refractivity contribution >= 4 is 23.3 Å². The number of pyridine rings is 1. The van der Waals surface area contributed by atoms with Crippen molar-refractivity contribution in [2.75, 3.05) is 23.3 Å². The molecule has 16 heavy (non-hydrogen) atoms. The molecule has 1 aromatic heterocycles. The van der Waals surface area contributed by atoms with Gasteiger partial charge in [0.1, 0.15) is 5.82 Å². The molecule has 0 bridgehead atoms. The van der Waals surface area contributed by atoms with Crippen LogP contribution < -0.4 is 11.1 Å². The van der Waals surface area contributed by atoms with E-state index in [1.807, 2.05) is 6.92 Å². The number of aryl methyl sites for hydroxylation is 1. The molecule has 0 fully saturated rings. The fourth-order valence-electron chi connectivity index (χ4n) is 1.05. The summed E-state index contributed by atoms with van der Waals surface area (Å²) in [6, 6.07) is 1.74. The summed E-state index contributed by atoms with van der Waals surface area (Å²) < 4.78 is 35.5. The van der Waals surface area contributed by atoms with Crippen molar-refractivity contribution < 1.29 is 13.2 Å². The molecule has 7 heteroatoms. The van der Waals surface area contributed by atoms with Gasteiger partial charge in [-0.05, 0) is 30.3 Å². The van der Waals surface area contributed by atoms with Crippen LogP contribution >= 0.6 is 11.8 Å². The first-order valence-corrected chi connectivity index (χ1v) is 5.54. The Bertz CT molecular complexity index is 354. The van der Waals surface area contributed by atoms with Crippen LogP contribution in [0.1, 0.15) is 5.56 Å². The Kier molecular flexibility index (Phi) is 4.28. The highest BCUT2D eigenvalue weighted by Gasteiger charge is 2.27. The largest absolute Gasteiger partial charge is 0.441 e. The van der Waals surface area contributed by atoms with Gasteiger partial charge >= 0.3 is 5.51 Å². The topological polar surface area (TPSA) is 50.9 Å². The first kappa shape index (κ1) is 13.0. The van der Waals surface area contributed by atoms with E-state index in [1.54, 1.807) is 12.3 Å². The number of nitrogens with zero attached hydrogens (tertiary/aromatic N) is 1. The minimum atomic E-state index is -4.19. The average Bonchev–Trinajstić information content (AvgIpc) is 2.17. The number of anilines is 2. The molecule has 1 heterocycles. The van der Waals surface area contributed by atoms with E-state index >= 15 is 0 Å². The molecule has 0 radical (unpaired) electrons. The van der Waals surface area contributed by atoms with E-state index in [-0.39, 0.29) is 24.1 Å². The van der Waals surface area contributed by atoms with Crippen molar-refractivity contribution in [2.45, 2.75) is 12.4 Å². The molecule has 3 nitrogen and oxygen atoms in total. The second-order valence-electron chi connectivity index (χ2n) is 3.11. The van der Waals surface area contributed by atoms with Crippen molar-refractivity contribution in [2.24, 2.45) is 0 Å². The van der Waals surface area contributed by atoms with E-state index in [2.05, 4.69) is 10.3 Å². The minimum absolute atomic E-state index is 0.0682. The van der Waals surface area contributed by atoms with Gasteiger partial charge in [0, 0.05) is 18.5 Å². The Balaban J connectivity index is 2.41. The van der Waals surface area contributed by atoms with Gasteiger partial charge in [-0.1, -0.05) is 0 Å². The lowest BCUT2D eigenvalue weighted by Crippen LogP contribution is -2.11. The molecule has 0 amide bonds. The van der Waals surface area contributed by atoms with Crippen LogP contribution in [0.5, 0.6) is 0 Å². The number of halogens is 3. The number of hydrogen-bond donors (Lipinski definition) is 2. The Morgan fingerprint density at radius 1 is 1.50 bits per heavy atom. The lowest BCUT2D eigenvalue weighted by molar-refractivity contribution is -0.0327. The maximum absolute atomic E-state index is 11.8. The number of nitrogens with two attached hydrogens (primary N) is 1. The van der Waals surface area contributed by atoms with Crippen LogP contribution in [0.2, 0.25) is 0 Å². The number of alkyl halides is 3. The number of nitrogen functional groups attached to an aromatic ring is 1. The Labute approximate surface area is 95.6 Å². The monoisotopic (exact) mass is 251 g/mol. The first-order valence-electron chi connectivity index (χ1n) is 4.56. The zero-order valence-electron chi connectivity index (χ0n) is 8.64. The normalized spacial score (nSPS) is 11.5. The molecular weight excluding hydrogens is 239 g/mol. The lowest BCUT2D eigenvalue weighted by Gasteiger charge is -2.10. The summed E-state index contributed by atoms with van der Waals surface area (Å²) in [5.74, 6) is 0.362. The number of rotatable bonds is 4. The van der Waals surface area contributed by atoms with Crippen molar-refractivity contribution in [1.82, 2.24) is 4.98 Å². The maximum Gasteiger partial charge on any atom is 0.441 e. The summed E-state index contributed by atoms with van der Waals surface area (Å²) in [5.41, 5.74) is 2.83. The predicted octanol–water partition coefficient (Wildman–Crippen LogP) is 2.64. The molecule has 0 aliphatic heterocycles. The van der Waals surface area contributed by atoms with E-state index in [0.717, 1.165) is 5.56 Å². The quantitative estimate of drug-likeness (QED) is 0.808. The number of aromatic nitrogens is 1. The van der Waals surface area contributed by atoms with Crippen molar-refractivity contribution in [3.05, 3.63) is 17.8 Å². The van der Waals surface area contributed by atoms with Crippen LogP contribution in [-0.4, -0.2) is 22.8 Å². The molecule has 1 aromatic rings. The van der Waals surface area contributed by atoms with Gasteiger partial charge in [0.15, 0.2) is 0 Å². The predicted molar refractivity (Wildman–Crippen MR) is 60.4 cm³/mol. The average molecular weight is 251 g/mol. The Morgan fingerprint density at radius 2 is 2.19 bits per heavy atom. The zero-order valence-corrected chi connectivity index (χ0v) is 9.45. The molecule has 0 saturated heterocycles. The first-order chi connectivity index (χ1) is 7.40. The van der Waals surface area contributed by atoms with Crippen molar-refractivity contribution in [3.63, 3.8) is 0 Å². The molecule has 90 valence electrons. The summed E-state index contributed by atoms with van der Waals surface area (Å²) in [4.78, 5) is 3.95. The molecular formula is C9H12F3N3S. The highest BCUT2D eigenvalue weighted by molar-refractivity contribution is 8.00. The van der Waals surface area contributed by atoms with Crippen molar-refractivity contribution in [3.8, 4) is 0 Å². The van der Waals surface area contributed by atoms with Crippen LogP contribution in [0.25, 0.3) is 0 Å². The molecule has 1 rings (SSSR count). The van der Waals surface area contributed by atoms with E-state index in [1.165, 1.54) is 0 Å². The van der Waals surface area contributed by atoms with Crippen LogP contribution in [0.4, 0.5) is 24.7 Å². The third-order valence-electron chi connectivity index (χ3n) is 1.87. The highest BCUT2D eigenvalue weighted by atomic mass is 32.2. The minimum Gasteiger partial charge on any atom is -0.396 e. The van der Waals surface area contributed by atoms with Gasteiger partial charge in [-0.15, -0.1) is 0 Å². The summed E-state index contributed by atoms with van der Waals surface area (Å²) in [6.45, 7) is 1.98. The van der Waals surface area contributed by atoms with Crippen LogP contribution in [-0.2, 0) is 0 Å². The second kappa shape index (κ2) is 5.29. The fourth-order valence-corrected chi connectivity index (χ4v) is 1.48. The zero-order chi connectivity index (χ0) is 12.2. The molecule has 0 aromatic carbocycles. The van der Waals surface area contributed by atoms with Gasteiger partial charge < -0.3 is 11.1 Å². The summed E-state index contributed by atoms with van der Waals surface area (Å²) in [7, 11) is 0. The lowest BCUT2D eigenvalue weighted by atomic mass is 10.2. The van der Waals surface area contributed by atoms with Gasteiger partial charge in [0.2, 0.25) is 0 Å². The number of thioether (sulfide) groups is 1. The third kappa shape index (κ3) is 4.18. The van der Waals surface area contributed by atoms with Crippen LogP contribution in [0, 0.1) is 6.92 Å². The fraction of sp³-hybridized carbons (Fsp3) is 0.444. The van der Waals surface area contributed by atoms with Gasteiger partial charge in [0.05, 0.1) is 5.69 Å². The SMILES string of the molecule is Cc1ccnc(NCCSC(F)(F)F)c1N. The Hall–Kier alpha value is -1.11. The number of nitrogens with one attached hydrogen (secondary N) is 1. The summed E-state index contributed by atoms with van der Waals surface area (Å²) in [5, 5.41) is 2.77. The molecule has 0 spiro atoms. The smallest absolute Gasteiger partial charge is 0.396 e. The van der Waals surface area contributed by atoms with Crippen molar-refractivity contribution in [1.29, 1.82) is 0 Å².